The van der Waals surface area contributed by atoms with Crippen LogP contribution in [0.3, 0.4) is 0 Å². The maximum Gasteiger partial charge on any atom is 0.169 e. The topological polar surface area (TPSA) is 39.9 Å². The van der Waals surface area contributed by atoms with Crippen molar-refractivity contribution >= 4 is 24.1 Å². The summed E-state index contributed by atoms with van der Waals surface area (Å²) in [7, 11) is 1.69. The lowest BCUT2D eigenvalue weighted by atomic mass is 10.0. The summed E-state index contributed by atoms with van der Waals surface area (Å²) in [6, 6.07) is 0. The van der Waals surface area contributed by atoms with Crippen LogP contribution in [0.1, 0.15) is 81.7 Å². The van der Waals surface area contributed by atoms with Gasteiger partial charge in [0.25, 0.3) is 0 Å². The standard InChI is InChI=1S/C29H41N3OS/c1-7-25-22(4)18-30-27(23(25)5)20-34-29-31-26(19-33-6)28(15-14-21(2)3)32(29)17-16-24-12-10-8-9-11-13-24/h12,14-15,18-19H,7-11,13,16-17,20H2,1-6H3/b26-19+,28-15+. The zero-order chi connectivity index (χ0) is 24.5. The molecule has 0 fully saturated rings. The van der Waals surface area contributed by atoms with Crippen LogP contribution >= 0.6 is 11.8 Å². The number of imidazole rings is 1. The van der Waals surface area contributed by atoms with Crippen LogP contribution in [-0.4, -0.2) is 21.6 Å². The number of nitrogens with zero attached hydrogens (tertiary/aromatic N) is 3. The number of allylic oxidation sites excluding steroid dienone is 4. The first-order valence-electron chi connectivity index (χ1n) is 12.6. The number of pyridine rings is 1. The van der Waals surface area contributed by atoms with E-state index in [0.29, 0.717) is 0 Å². The van der Waals surface area contributed by atoms with Gasteiger partial charge in [-0.3, -0.25) is 4.98 Å². The highest BCUT2D eigenvalue weighted by atomic mass is 32.2. The van der Waals surface area contributed by atoms with Gasteiger partial charge in [-0.05, 0) is 89.0 Å². The van der Waals surface area contributed by atoms with Crippen LogP contribution in [0, 0.1) is 13.8 Å². The molecule has 2 heterocycles. The number of aryl methyl sites for hydroxylation is 1. The SMILES string of the molecule is CCc1c(C)cnc(CSc2nc(=C/OC)/c(=C\C=C(C)C)n2CCC2=CCCCCC2)c1C. The molecule has 4 nitrogen and oxygen atoms in total. The van der Waals surface area contributed by atoms with E-state index in [1.54, 1.807) is 30.7 Å². The molecular weight excluding hydrogens is 438 g/mol. The molecule has 0 bridgehead atoms. The van der Waals surface area contributed by atoms with E-state index in [0.717, 1.165) is 46.7 Å². The van der Waals surface area contributed by atoms with Gasteiger partial charge in [-0.1, -0.05) is 48.4 Å². The molecule has 0 N–H and O–H groups in total. The molecule has 0 atom stereocenters. The number of ether oxygens (including phenoxy) is 1. The van der Waals surface area contributed by atoms with Crippen LogP contribution in [0.5, 0.6) is 0 Å². The van der Waals surface area contributed by atoms with Crippen LogP contribution in [0.2, 0.25) is 0 Å². The van der Waals surface area contributed by atoms with E-state index in [2.05, 4.69) is 57.4 Å². The van der Waals surface area contributed by atoms with Crippen molar-refractivity contribution in [2.75, 3.05) is 7.11 Å². The lowest BCUT2D eigenvalue weighted by molar-refractivity contribution is 0.390. The average molecular weight is 480 g/mol. The Hall–Kier alpha value is -2.27. The molecule has 1 aliphatic rings. The lowest BCUT2D eigenvalue weighted by Crippen LogP contribution is -2.30. The third-order valence-corrected chi connectivity index (χ3v) is 7.55. The van der Waals surface area contributed by atoms with E-state index in [9.17, 15) is 0 Å². The number of methoxy groups -OCH3 is 1. The van der Waals surface area contributed by atoms with Crippen molar-refractivity contribution in [3.63, 3.8) is 0 Å². The Balaban J connectivity index is 1.97. The number of hydrogen-bond acceptors (Lipinski definition) is 4. The molecule has 3 rings (SSSR count). The molecule has 2 aromatic rings. The minimum atomic E-state index is 0.813. The molecule has 5 heteroatoms. The number of aromatic nitrogens is 3. The van der Waals surface area contributed by atoms with Crippen molar-refractivity contribution in [1.29, 1.82) is 0 Å². The normalized spacial score (nSPS) is 15.3. The fourth-order valence-corrected chi connectivity index (χ4v) is 5.68. The summed E-state index contributed by atoms with van der Waals surface area (Å²) in [5, 5.41) is 3.04. The summed E-state index contributed by atoms with van der Waals surface area (Å²) >= 11 is 1.78. The third-order valence-electron chi connectivity index (χ3n) is 6.56. The van der Waals surface area contributed by atoms with Gasteiger partial charge in [0, 0.05) is 18.5 Å². The molecule has 0 aromatic carbocycles. The van der Waals surface area contributed by atoms with Gasteiger partial charge in [0.2, 0.25) is 0 Å². The van der Waals surface area contributed by atoms with Gasteiger partial charge in [0.15, 0.2) is 5.16 Å². The average Bonchev–Trinajstić information content (AvgIpc) is 2.95. The molecule has 0 unspecified atom stereocenters. The van der Waals surface area contributed by atoms with Crippen molar-refractivity contribution in [2.45, 2.75) is 97.0 Å². The molecule has 0 amide bonds. The molecule has 184 valence electrons. The fourth-order valence-electron chi connectivity index (χ4n) is 4.61. The Labute approximate surface area is 209 Å². The lowest BCUT2D eigenvalue weighted by Gasteiger charge is -2.13. The van der Waals surface area contributed by atoms with Crippen LogP contribution in [0.25, 0.3) is 12.3 Å². The molecular formula is C29H41N3OS. The molecule has 0 saturated carbocycles. The molecule has 34 heavy (non-hydrogen) atoms. The van der Waals surface area contributed by atoms with E-state index in [1.807, 2.05) is 6.20 Å². The highest BCUT2D eigenvalue weighted by Crippen LogP contribution is 2.25. The van der Waals surface area contributed by atoms with Crippen molar-refractivity contribution in [1.82, 2.24) is 14.5 Å². The zero-order valence-electron chi connectivity index (χ0n) is 21.9. The van der Waals surface area contributed by atoms with Crippen LogP contribution in [0.4, 0.5) is 0 Å². The summed E-state index contributed by atoms with van der Waals surface area (Å²) in [4.78, 5) is 9.77. The van der Waals surface area contributed by atoms with E-state index >= 15 is 0 Å². The minimum absolute atomic E-state index is 0.813. The predicted octanol–water partition coefficient (Wildman–Crippen LogP) is 6.16. The third kappa shape index (κ3) is 6.88. The molecule has 2 aromatic heterocycles. The van der Waals surface area contributed by atoms with Gasteiger partial charge in [-0.25, -0.2) is 4.98 Å². The first kappa shape index (κ1) is 26.3. The smallest absolute Gasteiger partial charge is 0.169 e. The molecule has 1 aliphatic carbocycles. The Morgan fingerprint density at radius 3 is 2.76 bits per heavy atom. The Morgan fingerprint density at radius 2 is 2.03 bits per heavy atom. The highest BCUT2D eigenvalue weighted by Gasteiger charge is 2.14. The molecule has 0 aliphatic heterocycles. The summed E-state index contributed by atoms with van der Waals surface area (Å²) in [5.74, 6) is 0.813. The number of hydrogen-bond donors (Lipinski definition) is 0. The number of rotatable bonds is 9. The van der Waals surface area contributed by atoms with E-state index in [-0.39, 0.29) is 0 Å². The first-order valence-corrected chi connectivity index (χ1v) is 13.6. The van der Waals surface area contributed by atoms with Crippen LogP contribution in [0.15, 0.2) is 34.7 Å². The Morgan fingerprint density at radius 1 is 1.21 bits per heavy atom. The second-order valence-corrected chi connectivity index (χ2v) is 10.4. The van der Waals surface area contributed by atoms with Gasteiger partial charge in [0.1, 0.15) is 11.6 Å². The minimum Gasteiger partial charge on any atom is -0.502 e. The van der Waals surface area contributed by atoms with Crippen molar-refractivity contribution in [3.05, 3.63) is 62.6 Å². The van der Waals surface area contributed by atoms with Gasteiger partial charge in [-0.2, -0.15) is 0 Å². The van der Waals surface area contributed by atoms with Gasteiger partial charge in [-0.15, -0.1) is 0 Å². The predicted molar refractivity (Wildman–Crippen MR) is 145 cm³/mol. The Kier molecular flexibility index (Phi) is 10.1. The summed E-state index contributed by atoms with van der Waals surface area (Å²) in [6.45, 7) is 11.8. The van der Waals surface area contributed by atoms with Crippen molar-refractivity contribution in [3.8, 4) is 0 Å². The van der Waals surface area contributed by atoms with Crippen LogP contribution < -0.4 is 10.7 Å². The number of thioether (sulfide) groups is 1. The molecule has 0 saturated heterocycles. The molecule has 0 radical (unpaired) electrons. The monoisotopic (exact) mass is 479 g/mol. The Bertz CT molecular complexity index is 1150. The first-order chi connectivity index (χ1) is 16.4. The fraction of sp³-hybridized carbons (Fsp3) is 0.517. The molecule has 0 spiro atoms. The maximum atomic E-state index is 5.41. The van der Waals surface area contributed by atoms with Gasteiger partial charge < -0.3 is 9.30 Å². The summed E-state index contributed by atoms with van der Waals surface area (Å²) in [5.41, 5.74) is 8.03. The summed E-state index contributed by atoms with van der Waals surface area (Å²) < 4.78 is 7.79. The maximum absolute atomic E-state index is 5.41. The van der Waals surface area contributed by atoms with Crippen molar-refractivity contribution in [2.24, 2.45) is 0 Å². The van der Waals surface area contributed by atoms with E-state index in [1.165, 1.54) is 54.4 Å². The van der Waals surface area contributed by atoms with Gasteiger partial charge >= 0.3 is 0 Å². The summed E-state index contributed by atoms with van der Waals surface area (Å²) in [6.07, 6.45) is 19.2. The quantitative estimate of drug-likeness (QED) is 0.319. The van der Waals surface area contributed by atoms with Crippen molar-refractivity contribution < 1.29 is 4.74 Å². The largest absolute Gasteiger partial charge is 0.502 e. The zero-order valence-corrected chi connectivity index (χ0v) is 22.7. The van der Waals surface area contributed by atoms with Crippen LogP contribution in [-0.2, 0) is 23.5 Å². The van der Waals surface area contributed by atoms with E-state index < -0.39 is 0 Å². The van der Waals surface area contributed by atoms with E-state index in [4.69, 9.17) is 14.7 Å². The van der Waals surface area contributed by atoms with Gasteiger partial charge in [0.05, 0.1) is 18.2 Å². The second-order valence-electron chi connectivity index (χ2n) is 9.43. The highest BCUT2D eigenvalue weighted by molar-refractivity contribution is 7.98. The second kappa shape index (κ2) is 13.0.